The van der Waals surface area contributed by atoms with Crippen molar-refractivity contribution in [1.82, 2.24) is 14.5 Å². The molecule has 5 nitrogen and oxygen atoms in total. The lowest BCUT2D eigenvalue weighted by molar-refractivity contribution is -0.00137. The van der Waals surface area contributed by atoms with Crippen LogP contribution in [-0.4, -0.2) is 38.1 Å². The van der Waals surface area contributed by atoms with Crippen molar-refractivity contribution in [1.29, 1.82) is 0 Å². The second-order valence-electron chi connectivity index (χ2n) is 8.02. The average Bonchev–Trinajstić information content (AvgIpc) is 3.36. The molecule has 0 saturated carbocycles. The smallest absolute Gasteiger partial charge is 0.290 e. The molecule has 0 unspecified atom stereocenters. The lowest BCUT2D eigenvalue weighted by Gasteiger charge is -2.40. The van der Waals surface area contributed by atoms with Crippen LogP contribution < -0.4 is 0 Å². The summed E-state index contributed by atoms with van der Waals surface area (Å²) < 4.78 is 1.73. The molecule has 29 heavy (non-hydrogen) atoms. The van der Waals surface area contributed by atoms with Crippen molar-refractivity contribution in [2.75, 3.05) is 6.54 Å². The van der Waals surface area contributed by atoms with E-state index in [0.717, 1.165) is 35.1 Å². The monoisotopic (exact) mass is 389 g/mol. The van der Waals surface area contributed by atoms with Crippen molar-refractivity contribution < 1.29 is 9.90 Å². The Morgan fingerprint density at radius 1 is 1.10 bits per heavy atom. The van der Waals surface area contributed by atoms with Crippen molar-refractivity contribution >= 4 is 5.91 Å². The minimum absolute atomic E-state index is 0.140. The molecular formula is C24H27N3O2. The molecule has 0 bridgehead atoms. The lowest BCUT2D eigenvalue weighted by Crippen LogP contribution is -2.51. The van der Waals surface area contributed by atoms with Gasteiger partial charge in [-0.25, -0.2) is 4.98 Å². The number of amides is 1. The van der Waals surface area contributed by atoms with Crippen LogP contribution in [0.25, 0.3) is 0 Å². The van der Waals surface area contributed by atoms with E-state index in [0.29, 0.717) is 12.4 Å². The molecule has 1 saturated heterocycles. The molecule has 1 aromatic heterocycles. The third-order valence-corrected chi connectivity index (χ3v) is 5.92. The van der Waals surface area contributed by atoms with E-state index < -0.39 is 5.60 Å². The molecule has 2 aromatic carbocycles. The topological polar surface area (TPSA) is 58.4 Å². The van der Waals surface area contributed by atoms with Crippen molar-refractivity contribution in [3.63, 3.8) is 0 Å². The molecule has 1 aliphatic rings. The highest BCUT2D eigenvalue weighted by Crippen LogP contribution is 2.41. The molecule has 1 amide bonds. The molecule has 1 N–H and O–H groups in total. The molecule has 0 aliphatic carbocycles. The minimum Gasteiger partial charge on any atom is -0.378 e. The second kappa shape index (κ2) is 7.48. The van der Waals surface area contributed by atoms with Crippen LogP contribution in [0.3, 0.4) is 0 Å². The van der Waals surface area contributed by atoms with Gasteiger partial charge < -0.3 is 14.6 Å². The number of likely N-dealkylation sites (tertiary alicyclic amines) is 1. The maximum absolute atomic E-state index is 13.3. The number of carbonyl (C=O) groups excluding carboxylic acids is 1. The van der Waals surface area contributed by atoms with Crippen LogP contribution in [0, 0.1) is 13.8 Å². The number of carbonyl (C=O) groups is 1. The van der Waals surface area contributed by atoms with E-state index in [2.05, 4.69) is 4.98 Å². The zero-order chi connectivity index (χ0) is 20.6. The summed E-state index contributed by atoms with van der Waals surface area (Å²) in [7, 11) is 1.82. The standard InChI is InChI=1S/C24H27N3O2/c1-17-7-4-9-19(15-17)24(29,20-10-5-8-18(2)16-20)21-11-6-13-27(21)23(28)22-25-12-14-26(22)3/h4-5,7-10,12,14-16,21,29H,6,11,13H2,1-3H3/t21-/m0/s1. The summed E-state index contributed by atoms with van der Waals surface area (Å²) in [5.41, 5.74) is 2.48. The lowest BCUT2D eigenvalue weighted by atomic mass is 9.78. The summed E-state index contributed by atoms with van der Waals surface area (Å²) in [6.07, 6.45) is 4.98. The average molecular weight is 389 g/mol. The predicted molar refractivity (Wildman–Crippen MR) is 113 cm³/mol. The number of aryl methyl sites for hydroxylation is 3. The van der Waals surface area contributed by atoms with E-state index >= 15 is 0 Å². The first-order valence-corrected chi connectivity index (χ1v) is 10.1. The van der Waals surface area contributed by atoms with Crippen LogP contribution in [0.1, 0.15) is 45.7 Å². The van der Waals surface area contributed by atoms with Gasteiger partial charge in [-0.3, -0.25) is 4.79 Å². The Balaban J connectivity index is 1.84. The summed E-state index contributed by atoms with van der Waals surface area (Å²) in [4.78, 5) is 19.4. The molecule has 0 radical (unpaired) electrons. The Kier molecular flexibility index (Phi) is 5.01. The first-order chi connectivity index (χ1) is 13.9. The summed E-state index contributed by atoms with van der Waals surface area (Å²) in [5, 5.41) is 12.3. The number of aliphatic hydroxyl groups is 1. The van der Waals surface area contributed by atoms with Gasteiger partial charge >= 0.3 is 0 Å². The second-order valence-corrected chi connectivity index (χ2v) is 8.02. The normalized spacial score (nSPS) is 17.0. The van der Waals surface area contributed by atoms with E-state index in [9.17, 15) is 9.90 Å². The van der Waals surface area contributed by atoms with Crippen LogP contribution in [0.4, 0.5) is 0 Å². The Morgan fingerprint density at radius 3 is 2.24 bits per heavy atom. The van der Waals surface area contributed by atoms with Gasteiger partial charge in [-0.2, -0.15) is 0 Å². The number of imidazole rings is 1. The number of aromatic nitrogens is 2. The van der Waals surface area contributed by atoms with Crippen LogP contribution in [-0.2, 0) is 12.6 Å². The van der Waals surface area contributed by atoms with Gasteiger partial charge in [0.1, 0.15) is 5.60 Å². The molecule has 1 aliphatic heterocycles. The fourth-order valence-corrected chi connectivity index (χ4v) is 4.46. The van der Waals surface area contributed by atoms with E-state index in [-0.39, 0.29) is 11.9 Å². The van der Waals surface area contributed by atoms with Crippen molar-refractivity contribution in [3.8, 4) is 0 Å². The number of hydrogen-bond acceptors (Lipinski definition) is 3. The Labute approximate surface area is 171 Å². The van der Waals surface area contributed by atoms with Gasteiger partial charge in [-0.05, 0) is 37.8 Å². The van der Waals surface area contributed by atoms with E-state index in [1.54, 1.807) is 21.9 Å². The molecule has 5 heteroatoms. The van der Waals surface area contributed by atoms with Crippen molar-refractivity contribution in [3.05, 3.63) is 89.0 Å². The van der Waals surface area contributed by atoms with E-state index in [1.807, 2.05) is 69.4 Å². The summed E-state index contributed by atoms with van der Waals surface area (Å²) in [5.74, 6) is 0.256. The molecular weight excluding hydrogens is 362 g/mol. The molecule has 1 atom stereocenters. The third kappa shape index (κ3) is 3.36. The maximum atomic E-state index is 13.3. The molecule has 1 fully saturated rings. The number of rotatable bonds is 4. The molecule has 150 valence electrons. The number of hydrogen-bond donors (Lipinski definition) is 1. The molecule has 4 rings (SSSR count). The van der Waals surface area contributed by atoms with Gasteiger partial charge in [0.2, 0.25) is 0 Å². The third-order valence-electron chi connectivity index (χ3n) is 5.92. The number of nitrogens with zero attached hydrogens (tertiary/aromatic N) is 3. The van der Waals surface area contributed by atoms with Crippen molar-refractivity contribution in [2.24, 2.45) is 7.05 Å². The highest BCUT2D eigenvalue weighted by Gasteiger charge is 2.47. The molecule has 2 heterocycles. The summed E-state index contributed by atoms with van der Waals surface area (Å²) >= 11 is 0. The fraction of sp³-hybridized carbons (Fsp3) is 0.333. The van der Waals surface area contributed by atoms with Gasteiger partial charge in [0.05, 0.1) is 6.04 Å². The Morgan fingerprint density at radius 2 is 1.72 bits per heavy atom. The van der Waals surface area contributed by atoms with Crippen molar-refractivity contribution in [2.45, 2.75) is 38.3 Å². The Bertz CT molecular complexity index is 994. The minimum atomic E-state index is -1.30. The van der Waals surface area contributed by atoms with Gasteiger partial charge in [0.15, 0.2) is 5.82 Å². The SMILES string of the molecule is Cc1cccc(C(O)(c2cccc(C)c2)[C@@H]2CCCN2C(=O)c2nccn2C)c1. The summed E-state index contributed by atoms with van der Waals surface area (Å²) in [6, 6.07) is 15.5. The van der Waals surface area contributed by atoms with Crippen LogP contribution in [0.5, 0.6) is 0 Å². The van der Waals surface area contributed by atoms with Gasteiger partial charge in [0.25, 0.3) is 5.91 Å². The van der Waals surface area contributed by atoms with Crippen LogP contribution >= 0.6 is 0 Å². The first kappa shape index (κ1) is 19.4. The van der Waals surface area contributed by atoms with Gasteiger partial charge in [-0.1, -0.05) is 59.7 Å². The highest BCUT2D eigenvalue weighted by atomic mass is 16.3. The summed E-state index contributed by atoms with van der Waals surface area (Å²) in [6.45, 7) is 4.65. The van der Waals surface area contributed by atoms with E-state index in [4.69, 9.17) is 0 Å². The van der Waals surface area contributed by atoms with Gasteiger partial charge in [0, 0.05) is 26.0 Å². The largest absolute Gasteiger partial charge is 0.378 e. The predicted octanol–water partition coefficient (Wildman–Crippen LogP) is 3.58. The molecule has 3 aromatic rings. The highest BCUT2D eigenvalue weighted by molar-refractivity contribution is 5.91. The number of benzene rings is 2. The first-order valence-electron chi connectivity index (χ1n) is 10.1. The molecule has 0 spiro atoms. The zero-order valence-electron chi connectivity index (χ0n) is 17.2. The maximum Gasteiger partial charge on any atom is 0.290 e. The van der Waals surface area contributed by atoms with Gasteiger partial charge in [-0.15, -0.1) is 0 Å². The quantitative estimate of drug-likeness (QED) is 0.742. The van der Waals surface area contributed by atoms with Crippen LogP contribution in [0.15, 0.2) is 60.9 Å². The van der Waals surface area contributed by atoms with Crippen LogP contribution in [0.2, 0.25) is 0 Å². The Hall–Kier alpha value is -2.92. The van der Waals surface area contributed by atoms with E-state index in [1.165, 1.54) is 0 Å². The fourth-order valence-electron chi connectivity index (χ4n) is 4.46. The zero-order valence-corrected chi connectivity index (χ0v) is 17.2.